The van der Waals surface area contributed by atoms with E-state index in [4.69, 9.17) is 10.5 Å². The molecular weight excluding hydrogens is 192 g/mol. The summed E-state index contributed by atoms with van der Waals surface area (Å²) in [6.07, 6.45) is 1.25. The van der Waals surface area contributed by atoms with Gasteiger partial charge in [0.15, 0.2) is 6.10 Å². The standard InChI is InChI=1S/C11H14N2O2/c1-2-4-9-11(14)13-10-7(12)5-3-6-8(10)15-9/h3,5-6,9H,2,4,12H2,1H3,(H,13,14)/t9-/m0/s1. The van der Waals surface area contributed by atoms with E-state index in [1.165, 1.54) is 0 Å². The predicted octanol–water partition coefficient (Wildman–Crippen LogP) is 1.77. The Hall–Kier alpha value is -1.71. The molecule has 1 aromatic rings. The molecule has 0 aromatic heterocycles. The minimum Gasteiger partial charge on any atom is -0.478 e. The number of para-hydroxylation sites is 1. The largest absolute Gasteiger partial charge is 0.478 e. The Kier molecular flexibility index (Phi) is 2.49. The zero-order valence-electron chi connectivity index (χ0n) is 8.62. The molecular formula is C11H14N2O2. The predicted molar refractivity (Wildman–Crippen MR) is 58.8 cm³/mol. The van der Waals surface area contributed by atoms with Gasteiger partial charge in [0.25, 0.3) is 5.91 Å². The lowest BCUT2D eigenvalue weighted by atomic mass is 10.1. The third kappa shape index (κ3) is 1.75. The van der Waals surface area contributed by atoms with Crippen LogP contribution < -0.4 is 15.8 Å². The molecule has 4 heteroatoms. The Morgan fingerprint density at radius 1 is 1.53 bits per heavy atom. The van der Waals surface area contributed by atoms with Gasteiger partial charge in [0, 0.05) is 0 Å². The summed E-state index contributed by atoms with van der Waals surface area (Å²) in [5.41, 5.74) is 6.86. The van der Waals surface area contributed by atoms with Gasteiger partial charge < -0.3 is 15.8 Å². The van der Waals surface area contributed by atoms with E-state index in [2.05, 4.69) is 5.32 Å². The molecule has 0 aliphatic carbocycles. The van der Waals surface area contributed by atoms with Crippen molar-refractivity contribution in [2.24, 2.45) is 0 Å². The number of anilines is 2. The zero-order chi connectivity index (χ0) is 10.8. The summed E-state index contributed by atoms with van der Waals surface area (Å²) < 4.78 is 5.57. The highest BCUT2D eigenvalue weighted by atomic mass is 16.5. The number of amides is 1. The monoisotopic (exact) mass is 206 g/mol. The quantitative estimate of drug-likeness (QED) is 0.725. The van der Waals surface area contributed by atoms with E-state index >= 15 is 0 Å². The minimum absolute atomic E-state index is 0.109. The second-order valence-electron chi connectivity index (χ2n) is 3.60. The molecule has 80 valence electrons. The fraction of sp³-hybridized carbons (Fsp3) is 0.364. The van der Waals surface area contributed by atoms with Gasteiger partial charge in [-0.05, 0) is 18.6 Å². The first-order chi connectivity index (χ1) is 7.22. The van der Waals surface area contributed by atoms with E-state index in [1.807, 2.05) is 19.1 Å². The van der Waals surface area contributed by atoms with Crippen LogP contribution in [0.4, 0.5) is 11.4 Å². The zero-order valence-corrected chi connectivity index (χ0v) is 8.62. The number of nitrogen functional groups attached to an aromatic ring is 1. The number of carbonyl (C=O) groups is 1. The van der Waals surface area contributed by atoms with Crippen LogP contribution in [-0.4, -0.2) is 12.0 Å². The van der Waals surface area contributed by atoms with Gasteiger partial charge in [-0.25, -0.2) is 0 Å². The summed E-state index contributed by atoms with van der Waals surface area (Å²) in [4.78, 5) is 11.6. The summed E-state index contributed by atoms with van der Waals surface area (Å²) in [6, 6.07) is 5.37. The van der Waals surface area contributed by atoms with Gasteiger partial charge in [-0.1, -0.05) is 19.4 Å². The molecule has 1 atom stereocenters. The van der Waals surface area contributed by atoms with E-state index in [0.29, 0.717) is 17.1 Å². The summed E-state index contributed by atoms with van der Waals surface area (Å²) in [7, 11) is 0. The van der Waals surface area contributed by atoms with Crippen LogP contribution in [0.15, 0.2) is 18.2 Å². The summed E-state index contributed by atoms with van der Waals surface area (Å²) in [5, 5.41) is 2.77. The molecule has 0 bridgehead atoms. The highest BCUT2D eigenvalue weighted by Crippen LogP contribution is 2.34. The Labute approximate surface area is 88.4 Å². The SMILES string of the molecule is CCC[C@@H]1Oc2cccc(N)c2NC1=O. The molecule has 1 amide bonds. The third-order valence-corrected chi connectivity index (χ3v) is 2.42. The topological polar surface area (TPSA) is 64.3 Å². The molecule has 3 N–H and O–H groups in total. The molecule has 1 aromatic carbocycles. The highest BCUT2D eigenvalue weighted by Gasteiger charge is 2.27. The second kappa shape index (κ2) is 3.81. The Balaban J connectivity index is 2.30. The molecule has 0 radical (unpaired) electrons. The number of ether oxygens (including phenoxy) is 1. The average Bonchev–Trinajstić information content (AvgIpc) is 2.21. The van der Waals surface area contributed by atoms with Crippen molar-refractivity contribution in [1.29, 1.82) is 0 Å². The molecule has 1 heterocycles. The maximum Gasteiger partial charge on any atom is 0.265 e. The van der Waals surface area contributed by atoms with Crippen LogP contribution in [0.3, 0.4) is 0 Å². The van der Waals surface area contributed by atoms with Gasteiger partial charge in [0.05, 0.1) is 5.69 Å². The van der Waals surface area contributed by atoms with Crippen molar-refractivity contribution in [2.75, 3.05) is 11.1 Å². The first-order valence-electron chi connectivity index (χ1n) is 5.08. The van der Waals surface area contributed by atoms with E-state index in [1.54, 1.807) is 6.07 Å². The summed E-state index contributed by atoms with van der Waals surface area (Å²) in [6.45, 7) is 2.02. The number of rotatable bonds is 2. The minimum atomic E-state index is -0.385. The molecule has 0 spiro atoms. The lowest BCUT2D eigenvalue weighted by Gasteiger charge is -2.26. The van der Waals surface area contributed by atoms with Crippen LogP contribution in [-0.2, 0) is 4.79 Å². The average molecular weight is 206 g/mol. The fourth-order valence-electron chi connectivity index (χ4n) is 1.64. The van der Waals surface area contributed by atoms with Crippen LogP contribution in [0.1, 0.15) is 19.8 Å². The van der Waals surface area contributed by atoms with Gasteiger partial charge in [0.1, 0.15) is 11.4 Å². The number of hydrogen-bond donors (Lipinski definition) is 2. The first-order valence-corrected chi connectivity index (χ1v) is 5.08. The molecule has 1 aliphatic rings. The van der Waals surface area contributed by atoms with Gasteiger partial charge in [-0.3, -0.25) is 4.79 Å². The molecule has 15 heavy (non-hydrogen) atoms. The van der Waals surface area contributed by atoms with Crippen molar-refractivity contribution < 1.29 is 9.53 Å². The number of carbonyl (C=O) groups excluding carboxylic acids is 1. The first kappa shape index (κ1) is 9.83. The van der Waals surface area contributed by atoms with E-state index in [0.717, 1.165) is 12.8 Å². The number of nitrogens with one attached hydrogen (secondary N) is 1. The van der Waals surface area contributed by atoms with Gasteiger partial charge in [0.2, 0.25) is 0 Å². The number of fused-ring (bicyclic) bond motifs is 1. The lowest BCUT2D eigenvalue weighted by molar-refractivity contribution is -0.123. The Bertz CT molecular complexity index is 390. The van der Waals surface area contributed by atoms with Crippen molar-refractivity contribution in [3.63, 3.8) is 0 Å². The maximum atomic E-state index is 11.6. The van der Waals surface area contributed by atoms with Crippen LogP contribution in [0.2, 0.25) is 0 Å². The molecule has 1 aliphatic heterocycles. The van der Waals surface area contributed by atoms with Crippen molar-refractivity contribution >= 4 is 17.3 Å². The van der Waals surface area contributed by atoms with Crippen molar-refractivity contribution in [2.45, 2.75) is 25.9 Å². The van der Waals surface area contributed by atoms with Gasteiger partial charge in [-0.2, -0.15) is 0 Å². The molecule has 0 saturated carbocycles. The number of hydrogen-bond acceptors (Lipinski definition) is 3. The van der Waals surface area contributed by atoms with Crippen LogP contribution >= 0.6 is 0 Å². The molecule has 0 fully saturated rings. The van der Waals surface area contributed by atoms with Crippen molar-refractivity contribution in [3.05, 3.63) is 18.2 Å². The summed E-state index contributed by atoms with van der Waals surface area (Å²) in [5.74, 6) is 0.551. The van der Waals surface area contributed by atoms with Crippen molar-refractivity contribution in [1.82, 2.24) is 0 Å². The third-order valence-electron chi connectivity index (χ3n) is 2.42. The smallest absolute Gasteiger partial charge is 0.265 e. The highest BCUT2D eigenvalue weighted by molar-refractivity contribution is 6.00. The Morgan fingerprint density at radius 3 is 3.07 bits per heavy atom. The van der Waals surface area contributed by atoms with E-state index in [-0.39, 0.29) is 12.0 Å². The molecule has 0 unspecified atom stereocenters. The lowest BCUT2D eigenvalue weighted by Crippen LogP contribution is -2.37. The molecule has 2 rings (SSSR count). The fourth-order valence-corrected chi connectivity index (χ4v) is 1.64. The van der Waals surface area contributed by atoms with Crippen LogP contribution in [0, 0.1) is 0 Å². The number of nitrogens with two attached hydrogens (primary N) is 1. The van der Waals surface area contributed by atoms with Crippen LogP contribution in [0.25, 0.3) is 0 Å². The number of benzene rings is 1. The second-order valence-corrected chi connectivity index (χ2v) is 3.60. The van der Waals surface area contributed by atoms with E-state index in [9.17, 15) is 4.79 Å². The van der Waals surface area contributed by atoms with Crippen molar-refractivity contribution in [3.8, 4) is 5.75 Å². The maximum absolute atomic E-state index is 11.6. The normalized spacial score (nSPS) is 19.0. The Morgan fingerprint density at radius 2 is 2.33 bits per heavy atom. The van der Waals surface area contributed by atoms with Crippen LogP contribution in [0.5, 0.6) is 5.75 Å². The summed E-state index contributed by atoms with van der Waals surface area (Å²) >= 11 is 0. The van der Waals surface area contributed by atoms with E-state index < -0.39 is 0 Å². The van der Waals surface area contributed by atoms with Gasteiger partial charge in [-0.15, -0.1) is 0 Å². The molecule has 0 saturated heterocycles. The van der Waals surface area contributed by atoms with Gasteiger partial charge >= 0.3 is 0 Å². The molecule has 4 nitrogen and oxygen atoms in total.